The van der Waals surface area contributed by atoms with Gasteiger partial charge in [-0.15, -0.1) is 0 Å². The van der Waals surface area contributed by atoms with Crippen molar-refractivity contribution in [2.24, 2.45) is 0 Å². The number of carboxylic acids is 1. The summed E-state index contributed by atoms with van der Waals surface area (Å²) < 4.78 is 11.6. The number of ether oxygens (including phenoxy) is 2. The van der Waals surface area contributed by atoms with Crippen LogP contribution in [0.15, 0.2) is 12.5 Å². The molecule has 27 heavy (non-hydrogen) atoms. The molecule has 0 aliphatic rings. The molecule has 0 spiro atoms. The van der Waals surface area contributed by atoms with Crippen molar-refractivity contribution in [1.82, 2.24) is 14.9 Å². The van der Waals surface area contributed by atoms with E-state index < -0.39 is 35.4 Å². The predicted molar refractivity (Wildman–Crippen MR) is 97.6 cm³/mol. The Bertz CT molecular complexity index is 669. The van der Waals surface area contributed by atoms with Crippen LogP contribution in [0.3, 0.4) is 0 Å². The molecular formula is C18H29N3O6. The highest BCUT2D eigenvalue weighted by Crippen LogP contribution is 2.11. The van der Waals surface area contributed by atoms with Gasteiger partial charge in [0.05, 0.1) is 5.69 Å². The second-order valence-electron chi connectivity index (χ2n) is 8.18. The van der Waals surface area contributed by atoms with Gasteiger partial charge < -0.3 is 19.9 Å². The Kier molecular flexibility index (Phi) is 7.38. The molecule has 0 aromatic carbocycles. The monoisotopic (exact) mass is 383 g/mol. The normalized spacial score (nSPS) is 13.0. The molecule has 1 aromatic rings. The molecule has 1 aromatic heterocycles. The summed E-state index contributed by atoms with van der Waals surface area (Å²) >= 11 is 0. The average molecular weight is 383 g/mol. The number of imidazole rings is 1. The number of rotatable bonds is 6. The van der Waals surface area contributed by atoms with Crippen LogP contribution in [0.4, 0.5) is 9.59 Å². The molecule has 1 heterocycles. The van der Waals surface area contributed by atoms with E-state index in [1.807, 2.05) is 0 Å². The van der Waals surface area contributed by atoms with Gasteiger partial charge in [0.1, 0.15) is 23.6 Å². The molecule has 2 N–H and O–H groups in total. The van der Waals surface area contributed by atoms with Crippen molar-refractivity contribution >= 4 is 18.2 Å². The van der Waals surface area contributed by atoms with Gasteiger partial charge in [-0.3, -0.25) is 0 Å². The van der Waals surface area contributed by atoms with Crippen molar-refractivity contribution in [3.05, 3.63) is 18.2 Å². The topological polar surface area (TPSA) is 120 Å². The van der Waals surface area contributed by atoms with Crippen LogP contribution < -0.4 is 5.32 Å². The van der Waals surface area contributed by atoms with Crippen LogP contribution in [0.1, 0.15) is 60.1 Å². The maximum absolute atomic E-state index is 11.9. The summed E-state index contributed by atoms with van der Waals surface area (Å²) in [6, 6.07) is -1.06. The quantitative estimate of drug-likeness (QED) is 0.775. The number of amides is 1. The third-order valence-corrected chi connectivity index (χ3v) is 3.16. The van der Waals surface area contributed by atoms with E-state index in [0.717, 1.165) is 0 Å². The first-order valence-electron chi connectivity index (χ1n) is 8.75. The predicted octanol–water partition coefficient (Wildman–Crippen LogP) is 2.97. The van der Waals surface area contributed by atoms with E-state index in [1.165, 1.54) is 10.9 Å². The Morgan fingerprint density at radius 1 is 1.15 bits per heavy atom. The second kappa shape index (κ2) is 8.88. The zero-order valence-corrected chi connectivity index (χ0v) is 16.7. The highest BCUT2D eigenvalue weighted by Gasteiger charge is 2.24. The minimum Gasteiger partial charge on any atom is -0.480 e. The van der Waals surface area contributed by atoms with Crippen molar-refractivity contribution in [2.45, 2.75) is 78.0 Å². The molecule has 1 atom stereocenters. The summed E-state index contributed by atoms with van der Waals surface area (Å²) in [7, 11) is 0. The highest BCUT2D eigenvalue weighted by molar-refractivity contribution is 5.79. The fourth-order valence-electron chi connectivity index (χ4n) is 2.10. The Morgan fingerprint density at radius 2 is 1.74 bits per heavy atom. The Morgan fingerprint density at radius 3 is 2.26 bits per heavy atom. The van der Waals surface area contributed by atoms with Crippen LogP contribution in [-0.4, -0.2) is 50.1 Å². The standard InChI is InChI=1S/C18H29N3O6/c1-17(2,3)26-15(24)20-13(14(22)23)9-7-8-12-10-21(11-19-12)16(25)27-18(4,5)6/h10-11,13H,7-9H2,1-6H3,(H,20,24)(H,22,23). The summed E-state index contributed by atoms with van der Waals surface area (Å²) in [5.74, 6) is -1.14. The van der Waals surface area contributed by atoms with Crippen molar-refractivity contribution in [2.75, 3.05) is 0 Å². The van der Waals surface area contributed by atoms with Gasteiger partial charge in [-0.1, -0.05) is 0 Å². The number of carboxylic acid groups (broad SMARTS) is 1. The minimum atomic E-state index is -1.14. The van der Waals surface area contributed by atoms with E-state index >= 15 is 0 Å². The van der Waals surface area contributed by atoms with Crippen molar-refractivity contribution in [3.63, 3.8) is 0 Å². The number of alkyl carbamates (subject to hydrolysis) is 1. The summed E-state index contributed by atoms with van der Waals surface area (Å²) in [6.45, 7) is 10.4. The molecule has 9 heteroatoms. The van der Waals surface area contributed by atoms with E-state index in [4.69, 9.17) is 9.47 Å². The molecule has 152 valence electrons. The van der Waals surface area contributed by atoms with E-state index in [9.17, 15) is 19.5 Å². The lowest BCUT2D eigenvalue weighted by atomic mass is 10.1. The van der Waals surface area contributed by atoms with Gasteiger partial charge in [-0.2, -0.15) is 0 Å². The van der Waals surface area contributed by atoms with E-state index in [0.29, 0.717) is 18.5 Å². The third kappa shape index (κ3) is 9.07. The number of aromatic nitrogens is 2. The number of hydrogen-bond donors (Lipinski definition) is 2. The van der Waals surface area contributed by atoms with Crippen molar-refractivity contribution in [3.8, 4) is 0 Å². The molecule has 0 aliphatic heterocycles. The second-order valence-corrected chi connectivity index (χ2v) is 8.18. The molecule has 0 aliphatic carbocycles. The molecule has 9 nitrogen and oxygen atoms in total. The fourth-order valence-corrected chi connectivity index (χ4v) is 2.10. The number of hydrogen-bond acceptors (Lipinski definition) is 6. The molecule has 1 unspecified atom stereocenters. The van der Waals surface area contributed by atoms with Crippen LogP contribution in [0, 0.1) is 0 Å². The van der Waals surface area contributed by atoms with Crippen molar-refractivity contribution < 1.29 is 29.0 Å². The van der Waals surface area contributed by atoms with Gasteiger partial charge in [-0.25, -0.2) is 23.9 Å². The van der Waals surface area contributed by atoms with Crippen LogP contribution in [-0.2, 0) is 20.7 Å². The van der Waals surface area contributed by atoms with Crippen molar-refractivity contribution in [1.29, 1.82) is 0 Å². The largest absolute Gasteiger partial charge is 0.480 e. The summed E-state index contributed by atoms with van der Waals surface area (Å²) in [5, 5.41) is 11.6. The smallest absolute Gasteiger partial charge is 0.419 e. The Labute approximate surface area is 159 Å². The van der Waals surface area contributed by atoms with Gasteiger partial charge >= 0.3 is 18.2 Å². The molecule has 0 radical (unpaired) electrons. The van der Waals surface area contributed by atoms with Crippen LogP contribution >= 0.6 is 0 Å². The minimum absolute atomic E-state index is 0.202. The molecule has 0 fully saturated rings. The summed E-state index contributed by atoms with van der Waals surface area (Å²) in [4.78, 5) is 39.1. The van der Waals surface area contributed by atoms with Gasteiger partial charge in [-0.05, 0) is 60.8 Å². The zero-order valence-electron chi connectivity index (χ0n) is 16.7. The molecular weight excluding hydrogens is 354 g/mol. The Balaban J connectivity index is 2.53. The molecule has 1 amide bonds. The number of aliphatic carboxylic acids is 1. The van der Waals surface area contributed by atoms with E-state index in [-0.39, 0.29) is 6.42 Å². The summed E-state index contributed by atoms with van der Waals surface area (Å²) in [6.07, 6.45) is 2.71. The zero-order chi connectivity index (χ0) is 20.8. The number of carbonyl (C=O) groups is 3. The molecule has 0 bridgehead atoms. The van der Waals surface area contributed by atoms with Gasteiger partial charge in [0.25, 0.3) is 0 Å². The summed E-state index contributed by atoms with van der Waals surface area (Å²) in [5.41, 5.74) is -0.687. The van der Waals surface area contributed by atoms with Crippen LogP contribution in [0.2, 0.25) is 0 Å². The van der Waals surface area contributed by atoms with Gasteiger partial charge in [0.2, 0.25) is 0 Å². The number of nitrogens with zero attached hydrogens (tertiary/aromatic N) is 2. The first-order chi connectivity index (χ1) is 12.3. The lowest BCUT2D eigenvalue weighted by Crippen LogP contribution is -2.43. The number of carbonyl (C=O) groups excluding carboxylic acids is 2. The maximum Gasteiger partial charge on any atom is 0.419 e. The van der Waals surface area contributed by atoms with E-state index in [1.54, 1.807) is 47.7 Å². The Hall–Kier alpha value is -2.58. The van der Waals surface area contributed by atoms with Gasteiger partial charge in [0, 0.05) is 6.20 Å². The van der Waals surface area contributed by atoms with Crippen LogP contribution in [0.5, 0.6) is 0 Å². The highest BCUT2D eigenvalue weighted by atomic mass is 16.6. The first kappa shape index (κ1) is 22.5. The third-order valence-electron chi connectivity index (χ3n) is 3.16. The fraction of sp³-hybridized carbons (Fsp3) is 0.667. The van der Waals surface area contributed by atoms with Gasteiger partial charge in [0.15, 0.2) is 0 Å². The molecule has 0 saturated carbocycles. The van der Waals surface area contributed by atoms with E-state index in [2.05, 4.69) is 10.3 Å². The lowest BCUT2D eigenvalue weighted by molar-refractivity contribution is -0.139. The SMILES string of the molecule is CC(C)(C)OC(=O)NC(CCCc1cn(C(=O)OC(C)(C)C)cn1)C(=O)O. The number of aryl methyl sites for hydroxylation is 1. The lowest BCUT2D eigenvalue weighted by Gasteiger charge is -2.21. The number of nitrogens with one attached hydrogen (secondary N) is 1. The average Bonchev–Trinajstić information content (AvgIpc) is 2.91. The molecule has 0 saturated heterocycles. The van der Waals surface area contributed by atoms with Crippen LogP contribution in [0.25, 0.3) is 0 Å². The molecule has 1 rings (SSSR count). The maximum atomic E-state index is 11.9. The first-order valence-corrected chi connectivity index (χ1v) is 8.75.